The molecule has 0 spiro atoms. The van der Waals surface area contributed by atoms with Crippen LogP contribution in [0, 0.1) is 0 Å². The number of hydrogen-bond acceptors (Lipinski definition) is 14. The lowest BCUT2D eigenvalue weighted by Gasteiger charge is -2.23. The zero-order valence-corrected chi connectivity index (χ0v) is 36.5. The first kappa shape index (κ1) is 49.1. The van der Waals surface area contributed by atoms with Crippen LogP contribution in [0.4, 0.5) is 26.3 Å². The number of carbonyl (C=O) groups excluding carboxylic acids is 2. The third-order valence-corrected chi connectivity index (χ3v) is 11.6. The van der Waals surface area contributed by atoms with Gasteiger partial charge in [-0.05, 0) is 73.5 Å². The van der Waals surface area contributed by atoms with E-state index in [0.717, 1.165) is 31.8 Å². The smallest absolute Gasteiger partial charge is 0.459 e. The zero-order chi connectivity index (χ0) is 48.0. The maximum absolute atomic E-state index is 13.0. The van der Waals surface area contributed by atoms with E-state index in [0.29, 0.717) is 61.0 Å². The highest BCUT2D eigenvalue weighted by atomic mass is 32.2. The fourth-order valence-electron chi connectivity index (χ4n) is 6.46. The van der Waals surface area contributed by atoms with Crippen LogP contribution in [0.25, 0.3) is 44.5 Å². The van der Waals surface area contributed by atoms with E-state index in [4.69, 9.17) is 18.3 Å². The fraction of sp³-hybridized carbons (Fsp3) is 0.366. The van der Waals surface area contributed by atoms with Crippen molar-refractivity contribution < 1.29 is 71.1 Å². The third kappa shape index (κ3) is 13.4. The summed E-state index contributed by atoms with van der Waals surface area (Å²) >= 11 is 0. The molecule has 0 bridgehead atoms. The Morgan fingerprint density at radius 3 is 1.73 bits per heavy atom. The second-order valence-electron chi connectivity index (χ2n) is 15.0. The molecule has 0 saturated carbocycles. The van der Waals surface area contributed by atoms with Crippen LogP contribution >= 0.6 is 0 Å². The minimum Gasteiger partial charge on any atom is -0.459 e. The van der Waals surface area contributed by atoms with Gasteiger partial charge >= 0.3 is 24.2 Å². The number of H-pyrrole nitrogens is 1. The number of nitrogens with zero attached hydrogens (tertiary/aromatic N) is 5. The first-order chi connectivity index (χ1) is 30.9. The lowest BCUT2D eigenvalue weighted by Crippen LogP contribution is -2.42. The summed E-state index contributed by atoms with van der Waals surface area (Å²) in [5.74, 6) is -4.52. The summed E-state index contributed by atoms with van der Waals surface area (Å²) in [5.41, 5.74) is 1.78. The van der Waals surface area contributed by atoms with Crippen molar-refractivity contribution in [3.05, 3.63) is 95.2 Å². The van der Waals surface area contributed by atoms with Crippen molar-refractivity contribution in [2.24, 2.45) is 0 Å². The van der Waals surface area contributed by atoms with Gasteiger partial charge in [0.05, 0.1) is 59.3 Å². The number of aromatic amines is 1. The Bertz CT molecular complexity index is 2980. The molecular weight excluding hydrogens is 931 g/mol. The van der Waals surface area contributed by atoms with Crippen LogP contribution in [0.15, 0.2) is 86.9 Å². The van der Waals surface area contributed by atoms with Crippen molar-refractivity contribution in [2.75, 3.05) is 43.7 Å². The average molecular weight is 971 g/mol. The molecule has 1 aliphatic rings. The van der Waals surface area contributed by atoms with E-state index in [1.165, 1.54) is 36.9 Å². The SMILES string of the molecule is CS(=O)(=O)CCN(Cc1ccc(-c2ccc3nc[nH]c(=O)c3c2)o1)C(=O)C(F)(F)F.CS(=O)(=O)CCN(Cc1ccc(-c2ccc3ncnc(OC4CCCCO4)c3c2)o1)C(=O)C(F)(F)F. The lowest BCUT2D eigenvalue weighted by atomic mass is 10.1. The van der Waals surface area contributed by atoms with Crippen molar-refractivity contribution in [1.82, 2.24) is 29.7 Å². The Hall–Kier alpha value is -6.34. The van der Waals surface area contributed by atoms with Crippen molar-refractivity contribution in [1.29, 1.82) is 0 Å². The second-order valence-corrected chi connectivity index (χ2v) is 19.5. The van der Waals surface area contributed by atoms with E-state index in [1.54, 1.807) is 36.4 Å². The number of amides is 2. The van der Waals surface area contributed by atoms with Crippen LogP contribution < -0.4 is 10.3 Å². The van der Waals surface area contributed by atoms with Crippen LogP contribution in [-0.4, -0.2) is 121 Å². The summed E-state index contributed by atoms with van der Waals surface area (Å²) in [7, 11) is -7.17. The van der Waals surface area contributed by atoms with Gasteiger partial charge in [-0.15, -0.1) is 0 Å². The van der Waals surface area contributed by atoms with Crippen molar-refractivity contribution in [2.45, 2.75) is 51.0 Å². The van der Waals surface area contributed by atoms with E-state index in [-0.39, 0.29) is 22.8 Å². The molecule has 17 nitrogen and oxygen atoms in total. The number of benzene rings is 2. The van der Waals surface area contributed by atoms with Gasteiger partial charge in [-0.25, -0.2) is 31.8 Å². The Morgan fingerprint density at radius 2 is 1.24 bits per heavy atom. The molecule has 2 aromatic carbocycles. The predicted molar refractivity (Wildman–Crippen MR) is 224 cm³/mol. The fourth-order valence-corrected chi connectivity index (χ4v) is 7.56. The van der Waals surface area contributed by atoms with Crippen LogP contribution in [0.3, 0.4) is 0 Å². The van der Waals surface area contributed by atoms with Crippen LogP contribution in [-0.2, 0) is 47.1 Å². The molecule has 1 saturated heterocycles. The largest absolute Gasteiger partial charge is 0.471 e. The van der Waals surface area contributed by atoms with Gasteiger partial charge in [-0.1, -0.05) is 0 Å². The molecule has 354 valence electrons. The van der Waals surface area contributed by atoms with E-state index in [9.17, 15) is 57.6 Å². The van der Waals surface area contributed by atoms with Gasteiger partial charge < -0.3 is 33.1 Å². The molecule has 1 aliphatic heterocycles. The number of hydrogen-bond donors (Lipinski definition) is 1. The van der Waals surface area contributed by atoms with E-state index in [2.05, 4.69) is 19.9 Å². The number of carbonyl (C=O) groups is 2. The number of nitrogens with one attached hydrogen (secondary N) is 1. The number of alkyl halides is 6. The van der Waals surface area contributed by atoms with Gasteiger partial charge in [0.1, 0.15) is 49.0 Å². The Morgan fingerprint density at radius 1 is 0.727 bits per heavy atom. The zero-order valence-electron chi connectivity index (χ0n) is 34.9. The number of furan rings is 2. The van der Waals surface area contributed by atoms with Gasteiger partial charge in [0.15, 0.2) is 0 Å². The molecule has 2 amide bonds. The molecule has 5 heterocycles. The minimum absolute atomic E-state index is 0.0243. The molecule has 1 atom stereocenters. The molecule has 7 rings (SSSR count). The Labute approximate surface area is 371 Å². The van der Waals surface area contributed by atoms with E-state index < -0.39 is 87.8 Å². The molecule has 1 fully saturated rings. The monoisotopic (exact) mass is 970 g/mol. The van der Waals surface area contributed by atoms with E-state index >= 15 is 0 Å². The molecule has 4 aromatic heterocycles. The maximum Gasteiger partial charge on any atom is 0.471 e. The highest BCUT2D eigenvalue weighted by molar-refractivity contribution is 7.90. The summed E-state index contributed by atoms with van der Waals surface area (Å²) in [6.45, 7) is -1.76. The maximum atomic E-state index is 13.0. The molecule has 1 unspecified atom stereocenters. The second kappa shape index (κ2) is 20.0. The van der Waals surface area contributed by atoms with E-state index in [1.807, 2.05) is 0 Å². The molecule has 0 radical (unpaired) electrons. The molecule has 1 N–H and O–H groups in total. The van der Waals surface area contributed by atoms with Crippen LogP contribution in [0.5, 0.6) is 5.88 Å². The standard InChI is InChI=1S/C23H24F3N3O6S.C18H16F3N3O5S/c1-36(31,32)11-9-29(22(30)23(24,25)26)13-16-6-8-19(34-16)15-5-7-18-17(12-15)21(28-14-27-18)35-20-4-2-3-10-33-20;1-30(27,28)7-6-24(17(26)18(19,20)21)9-12-3-5-15(29-12)11-2-4-14-13(8-11)16(25)23-10-22-14/h5-8,12,14,20H,2-4,9-11,13H2,1H3;2-5,8,10H,6-7,9H2,1H3,(H,22,23,25). The quantitative estimate of drug-likeness (QED) is 0.127. The minimum atomic E-state index is -5.15. The van der Waals surface area contributed by atoms with Gasteiger partial charge in [-0.2, -0.15) is 26.3 Å². The summed E-state index contributed by atoms with van der Waals surface area (Å²) < 4.78 is 146. The predicted octanol–water partition coefficient (Wildman–Crippen LogP) is 5.85. The van der Waals surface area contributed by atoms with Crippen LogP contribution in [0.2, 0.25) is 0 Å². The van der Waals surface area contributed by atoms with Gasteiger partial charge in [0, 0.05) is 43.1 Å². The van der Waals surface area contributed by atoms with Crippen molar-refractivity contribution >= 4 is 53.3 Å². The Kier molecular flexibility index (Phi) is 14.9. The van der Waals surface area contributed by atoms with Crippen molar-refractivity contribution in [3.63, 3.8) is 0 Å². The Balaban J connectivity index is 0.000000222. The summed E-state index contributed by atoms with van der Waals surface area (Å²) in [5, 5.41) is 0.902. The van der Waals surface area contributed by atoms with Gasteiger partial charge in [0.2, 0.25) is 12.2 Å². The normalized spacial score (nSPS) is 14.7. The highest BCUT2D eigenvalue weighted by Gasteiger charge is 2.44. The van der Waals surface area contributed by atoms with Gasteiger partial charge in [0.25, 0.3) is 5.56 Å². The first-order valence-corrected chi connectivity index (χ1v) is 23.8. The van der Waals surface area contributed by atoms with Crippen LogP contribution in [0.1, 0.15) is 30.8 Å². The average Bonchev–Trinajstić information content (AvgIpc) is 3.93. The summed E-state index contributed by atoms with van der Waals surface area (Å²) in [6.07, 6.45) is -3.64. The number of halogens is 6. The molecule has 66 heavy (non-hydrogen) atoms. The number of sulfone groups is 2. The van der Waals surface area contributed by atoms with Crippen molar-refractivity contribution in [3.8, 4) is 28.5 Å². The molecular formula is C41H40F6N6O11S2. The third-order valence-electron chi connectivity index (χ3n) is 9.73. The molecule has 0 aliphatic carbocycles. The molecule has 25 heteroatoms. The highest BCUT2D eigenvalue weighted by Crippen LogP contribution is 2.32. The first-order valence-electron chi connectivity index (χ1n) is 19.7. The number of ether oxygens (including phenoxy) is 2. The summed E-state index contributed by atoms with van der Waals surface area (Å²) in [6, 6.07) is 15.8. The summed E-state index contributed by atoms with van der Waals surface area (Å²) in [4.78, 5) is 51.1. The topological polar surface area (TPSA) is 225 Å². The van der Waals surface area contributed by atoms with Gasteiger partial charge in [-0.3, -0.25) is 14.4 Å². The molecule has 6 aromatic rings. The number of aromatic nitrogens is 4. The lowest BCUT2D eigenvalue weighted by molar-refractivity contribution is -0.186. The number of rotatable bonds is 14. The number of fused-ring (bicyclic) bond motifs is 2.